The number of aromatic nitrogens is 1. The van der Waals surface area contributed by atoms with E-state index in [-0.39, 0.29) is 17.0 Å². The molecule has 0 aliphatic carbocycles. The molecule has 0 saturated heterocycles. The van der Waals surface area contributed by atoms with Crippen LogP contribution in [0.25, 0.3) is 17.2 Å². The third-order valence-corrected chi connectivity index (χ3v) is 3.31. The Morgan fingerprint density at radius 3 is 2.81 bits per heavy atom. The minimum Gasteiger partial charge on any atom is -0.465 e. The van der Waals surface area contributed by atoms with E-state index >= 15 is 0 Å². The third kappa shape index (κ3) is 4.54. The van der Waals surface area contributed by atoms with Crippen molar-refractivity contribution < 1.29 is 18.4 Å². The van der Waals surface area contributed by atoms with E-state index in [0.717, 1.165) is 0 Å². The molecule has 0 fully saturated rings. The fourth-order valence-electron chi connectivity index (χ4n) is 2.08. The zero-order valence-electron chi connectivity index (χ0n) is 13.6. The number of nitrogens with zero attached hydrogens (tertiary/aromatic N) is 1. The van der Waals surface area contributed by atoms with Crippen molar-refractivity contribution in [3.63, 3.8) is 0 Å². The summed E-state index contributed by atoms with van der Waals surface area (Å²) in [6, 6.07) is 8.60. The van der Waals surface area contributed by atoms with E-state index in [1.165, 1.54) is 25.3 Å². The average molecular weight is 370 g/mol. The summed E-state index contributed by atoms with van der Waals surface area (Å²) < 4.78 is 10.6. The topological polar surface area (TPSA) is 109 Å². The van der Waals surface area contributed by atoms with Crippen molar-refractivity contribution in [2.75, 3.05) is 10.6 Å². The fraction of sp³-hybridized carbons (Fsp3) is 0.0588. The van der Waals surface area contributed by atoms with Gasteiger partial charge in [-0.2, -0.15) is 4.98 Å². The number of amides is 2. The summed E-state index contributed by atoms with van der Waals surface area (Å²) in [7, 11) is 0. The molecule has 2 heterocycles. The first-order chi connectivity index (χ1) is 12.5. The molecular formula is C17H14N4O4S. The van der Waals surface area contributed by atoms with Gasteiger partial charge in [0, 0.05) is 24.8 Å². The Bertz CT molecular complexity index is 992. The van der Waals surface area contributed by atoms with Gasteiger partial charge in [0.1, 0.15) is 11.3 Å². The third-order valence-electron chi connectivity index (χ3n) is 3.11. The maximum atomic E-state index is 11.8. The number of furan rings is 1. The van der Waals surface area contributed by atoms with E-state index in [1.807, 2.05) is 0 Å². The van der Waals surface area contributed by atoms with Gasteiger partial charge < -0.3 is 14.2 Å². The SMILES string of the molecule is CC(=O)Nc1ccc2nc(NC(=S)NC(=O)/C=C/c3ccco3)oc2c1. The molecule has 3 rings (SSSR count). The molecular weight excluding hydrogens is 356 g/mol. The summed E-state index contributed by atoms with van der Waals surface area (Å²) in [4.78, 5) is 27.1. The van der Waals surface area contributed by atoms with Gasteiger partial charge in [-0.3, -0.25) is 20.2 Å². The summed E-state index contributed by atoms with van der Waals surface area (Å²) >= 11 is 5.06. The van der Waals surface area contributed by atoms with Gasteiger partial charge in [0.2, 0.25) is 11.8 Å². The number of hydrogen-bond acceptors (Lipinski definition) is 6. The number of oxazole rings is 1. The second kappa shape index (κ2) is 7.62. The maximum Gasteiger partial charge on any atom is 0.302 e. The second-order valence-electron chi connectivity index (χ2n) is 5.17. The van der Waals surface area contributed by atoms with Crippen molar-refractivity contribution in [1.82, 2.24) is 10.3 Å². The summed E-state index contributed by atoms with van der Waals surface area (Å²) in [6.07, 6.45) is 4.31. The van der Waals surface area contributed by atoms with E-state index < -0.39 is 5.91 Å². The predicted molar refractivity (Wildman–Crippen MR) is 100 cm³/mol. The van der Waals surface area contributed by atoms with Crippen LogP contribution in [0.5, 0.6) is 0 Å². The lowest BCUT2D eigenvalue weighted by atomic mass is 10.3. The molecule has 26 heavy (non-hydrogen) atoms. The van der Waals surface area contributed by atoms with Crippen LogP contribution >= 0.6 is 12.2 Å². The Balaban J connectivity index is 1.61. The largest absolute Gasteiger partial charge is 0.465 e. The molecule has 0 saturated carbocycles. The Labute approximate surface area is 153 Å². The Morgan fingerprint density at radius 1 is 1.23 bits per heavy atom. The van der Waals surface area contributed by atoms with E-state index in [2.05, 4.69) is 20.9 Å². The molecule has 2 aromatic heterocycles. The monoisotopic (exact) mass is 370 g/mol. The van der Waals surface area contributed by atoms with Gasteiger partial charge in [0.05, 0.1) is 6.26 Å². The van der Waals surface area contributed by atoms with Crippen LogP contribution in [0.3, 0.4) is 0 Å². The lowest BCUT2D eigenvalue weighted by Gasteiger charge is -2.03. The van der Waals surface area contributed by atoms with Crippen LogP contribution in [0.1, 0.15) is 12.7 Å². The van der Waals surface area contributed by atoms with Crippen molar-refractivity contribution in [2.24, 2.45) is 0 Å². The van der Waals surface area contributed by atoms with E-state index in [1.54, 1.807) is 30.3 Å². The molecule has 0 unspecified atom stereocenters. The fourth-order valence-corrected chi connectivity index (χ4v) is 2.27. The molecule has 0 radical (unpaired) electrons. The molecule has 132 valence electrons. The van der Waals surface area contributed by atoms with Gasteiger partial charge in [-0.25, -0.2) is 0 Å². The van der Waals surface area contributed by atoms with Gasteiger partial charge in [-0.15, -0.1) is 0 Å². The van der Waals surface area contributed by atoms with Gasteiger partial charge in [-0.05, 0) is 42.6 Å². The number of fused-ring (bicyclic) bond motifs is 1. The summed E-state index contributed by atoms with van der Waals surface area (Å²) in [5.74, 6) is -0.0652. The van der Waals surface area contributed by atoms with E-state index in [0.29, 0.717) is 22.5 Å². The molecule has 3 N–H and O–H groups in total. The van der Waals surface area contributed by atoms with Gasteiger partial charge in [0.15, 0.2) is 10.7 Å². The van der Waals surface area contributed by atoms with E-state index in [9.17, 15) is 9.59 Å². The van der Waals surface area contributed by atoms with Crippen LogP contribution in [0.2, 0.25) is 0 Å². The normalized spacial score (nSPS) is 10.8. The summed E-state index contributed by atoms with van der Waals surface area (Å²) in [5.41, 5.74) is 1.63. The minimum absolute atomic E-state index is 0.0349. The highest BCUT2D eigenvalue weighted by molar-refractivity contribution is 7.80. The van der Waals surface area contributed by atoms with Crippen LogP contribution in [-0.2, 0) is 9.59 Å². The standard InChI is InChI=1S/C17H14N4O4S/c1-10(22)18-11-4-6-13-14(9-11)25-16(19-13)21-17(26)20-15(23)7-5-12-3-2-8-24-12/h2-9H,1H3,(H,18,22)(H2,19,20,21,23,26)/b7-5+. The second-order valence-corrected chi connectivity index (χ2v) is 5.58. The molecule has 9 heteroatoms. The summed E-state index contributed by atoms with van der Waals surface area (Å²) in [5, 5.41) is 7.85. The molecule has 3 aromatic rings. The zero-order valence-corrected chi connectivity index (χ0v) is 14.4. The van der Waals surface area contributed by atoms with Crippen LogP contribution < -0.4 is 16.0 Å². The molecule has 0 spiro atoms. The number of thiocarbonyl (C=S) groups is 1. The summed E-state index contributed by atoms with van der Waals surface area (Å²) in [6.45, 7) is 1.42. The van der Waals surface area contributed by atoms with Gasteiger partial charge >= 0.3 is 6.01 Å². The Morgan fingerprint density at radius 2 is 2.08 bits per heavy atom. The minimum atomic E-state index is -0.428. The van der Waals surface area contributed by atoms with Crippen molar-refractivity contribution in [3.05, 3.63) is 48.4 Å². The van der Waals surface area contributed by atoms with Gasteiger partial charge in [0.25, 0.3) is 0 Å². The first kappa shape index (κ1) is 17.4. The number of nitrogens with one attached hydrogen (secondary N) is 3. The molecule has 0 aliphatic rings. The van der Waals surface area contributed by atoms with Crippen LogP contribution in [0, 0.1) is 0 Å². The van der Waals surface area contributed by atoms with Gasteiger partial charge in [-0.1, -0.05) is 0 Å². The van der Waals surface area contributed by atoms with E-state index in [4.69, 9.17) is 21.1 Å². The molecule has 0 aliphatic heterocycles. The molecule has 8 nitrogen and oxygen atoms in total. The van der Waals surface area contributed by atoms with Crippen molar-refractivity contribution >= 4 is 58.0 Å². The Hall–Kier alpha value is -3.46. The van der Waals surface area contributed by atoms with Crippen molar-refractivity contribution in [3.8, 4) is 0 Å². The highest BCUT2D eigenvalue weighted by Crippen LogP contribution is 2.22. The van der Waals surface area contributed by atoms with Crippen LogP contribution in [0.4, 0.5) is 11.7 Å². The predicted octanol–water partition coefficient (Wildman–Crippen LogP) is 2.91. The quantitative estimate of drug-likeness (QED) is 0.478. The number of benzene rings is 1. The van der Waals surface area contributed by atoms with Crippen molar-refractivity contribution in [2.45, 2.75) is 6.92 Å². The lowest BCUT2D eigenvalue weighted by Crippen LogP contribution is -2.32. The maximum absolute atomic E-state index is 11.8. The molecule has 2 amide bonds. The zero-order chi connectivity index (χ0) is 18.5. The number of hydrogen-bond donors (Lipinski definition) is 3. The number of anilines is 2. The van der Waals surface area contributed by atoms with Crippen LogP contribution in [-0.4, -0.2) is 21.9 Å². The molecule has 0 atom stereocenters. The highest BCUT2D eigenvalue weighted by atomic mass is 32.1. The smallest absolute Gasteiger partial charge is 0.302 e. The molecule has 1 aromatic carbocycles. The van der Waals surface area contributed by atoms with Crippen molar-refractivity contribution in [1.29, 1.82) is 0 Å². The Kier molecular flexibility index (Phi) is 5.09. The average Bonchev–Trinajstić information content (AvgIpc) is 3.20. The number of carbonyl (C=O) groups is 2. The number of rotatable bonds is 4. The first-order valence-electron chi connectivity index (χ1n) is 7.51. The number of carbonyl (C=O) groups excluding carboxylic acids is 2. The first-order valence-corrected chi connectivity index (χ1v) is 7.92. The lowest BCUT2D eigenvalue weighted by molar-refractivity contribution is -0.115. The highest BCUT2D eigenvalue weighted by Gasteiger charge is 2.09. The molecule has 0 bridgehead atoms. The van der Waals surface area contributed by atoms with Crippen LogP contribution in [0.15, 0.2) is 51.5 Å².